The lowest BCUT2D eigenvalue weighted by atomic mass is 9.97. The van der Waals surface area contributed by atoms with E-state index in [1.807, 2.05) is 0 Å². The minimum Gasteiger partial charge on any atom is -0.480 e. The molecule has 0 saturated carbocycles. The van der Waals surface area contributed by atoms with Crippen LogP contribution in [0.3, 0.4) is 0 Å². The number of carboxylic acids is 1. The van der Waals surface area contributed by atoms with Crippen molar-refractivity contribution >= 4 is 11.9 Å². The third kappa shape index (κ3) is 3.81. The zero-order chi connectivity index (χ0) is 12.1. The molecule has 1 aliphatic heterocycles. The van der Waals surface area contributed by atoms with Gasteiger partial charge in [0.15, 0.2) is 0 Å². The Balaban J connectivity index is 2.39. The normalized spacial score (nSPS) is 26.4. The number of aliphatic carboxylic acids is 1. The fourth-order valence-electron chi connectivity index (χ4n) is 2.18. The zero-order valence-electron chi connectivity index (χ0n) is 9.90. The average molecular weight is 228 g/mol. The van der Waals surface area contributed by atoms with E-state index in [9.17, 15) is 9.59 Å². The van der Waals surface area contributed by atoms with Crippen molar-refractivity contribution in [2.45, 2.75) is 45.2 Å². The molecule has 0 bridgehead atoms. The van der Waals surface area contributed by atoms with E-state index in [0.29, 0.717) is 18.6 Å². The summed E-state index contributed by atoms with van der Waals surface area (Å²) in [6.07, 6.45) is 3.42. The fraction of sp³-hybridized carbons (Fsp3) is 0.818. The van der Waals surface area contributed by atoms with Gasteiger partial charge in [0.1, 0.15) is 6.54 Å². The highest BCUT2D eigenvalue weighted by molar-refractivity contribution is 5.82. The monoisotopic (exact) mass is 228 g/mol. The van der Waals surface area contributed by atoms with Gasteiger partial charge in [-0.1, -0.05) is 6.42 Å². The molecule has 0 aromatic heterocycles. The van der Waals surface area contributed by atoms with Crippen LogP contribution in [0, 0.1) is 0 Å². The average Bonchev–Trinajstić information content (AvgIpc) is 2.21. The van der Waals surface area contributed by atoms with Gasteiger partial charge in [-0.25, -0.2) is 0 Å². The number of carbonyl (C=O) groups is 2. The van der Waals surface area contributed by atoms with E-state index in [2.05, 4.69) is 24.1 Å². The molecule has 2 N–H and O–H groups in total. The number of amides is 1. The maximum Gasteiger partial charge on any atom is 0.322 e. The van der Waals surface area contributed by atoms with E-state index >= 15 is 0 Å². The lowest BCUT2D eigenvalue weighted by molar-refractivity contribution is -0.138. The topological polar surface area (TPSA) is 69.6 Å². The molecule has 0 spiro atoms. The number of carboxylic acid groups (broad SMARTS) is 1. The summed E-state index contributed by atoms with van der Waals surface area (Å²) in [5, 5.41) is 10.8. The Morgan fingerprint density at radius 2 is 1.88 bits per heavy atom. The van der Waals surface area contributed by atoms with Crippen LogP contribution < -0.4 is 5.32 Å². The number of nitrogens with zero attached hydrogens (tertiary/aromatic N) is 1. The van der Waals surface area contributed by atoms with Gasteiger partial charge in [-0.15, -0.1) is 0 Å². The third-order valence-electron chi connectivity index (χ3n) is 3.14. The van der Waals surface area contributed by atoms with Crippen molar-refractivity contribution in [1.82, 2.24) is 10.2 Å². The van der Waals surface area contributed by atoms with Crippen LogP contribution in [0.25, 0.3) is 0 Å². The summed E-state index contributed by atoms with van der Waals surface area (Å²) in [4.78, 5) is 23.9. The fourth-order valence-corrected chi connectivity index (χ4v) is 2.18. The van der Waals surface area contributed by atoms with Gasteiger partial charge in [-0.05, 0) is 26.7 Å². The van der Waals surface area contributed by atoms with E-state index in [1.165, 1.54) is 6.42 Å². The van der Waals surface area contributed by atoms with Gasteiger partial charge in [0.25, 0.3) is 0 Å². The molecule has 1 saturated heterocycles. The van der Waals surface area contributed by atoms with E-state index in [0.717, 1.165) is 12.8 Å². The summed E-state index contributed by atoms with van der Waals surface area (Å²) in [7, 11) is 0. The van der Waals surface area contributed by atoms with Crippen LogP contribution in [0.15, 0.2) is 0 Å². The van der Waals surface area contributed by atoms with Gasteiger partial charge in [0.05, 0.1) is 6.54 Å². The van der Waals surface area contributed by atoms with Crippen LogP contribution in [0.5, 0.6) is 0 Å². The second-order valence-electron chi connectivity index (χ2n) is 4.47. The van der Waals surface area contributed by atoms with Crippen molar-refractivity contribution in [2.75, 3.05) is 13.1 Å². The molecule has 1 heterocycles. The van der Waals surface area contributed by atoms with Crippen molar-refractivity contribution < 1.29 is 14.7 Å². The maximum atomic E-state index is 11.5. The van der Waals surface area contributed by atoms with Gasteiger partial charge >= 0.3 is 5.97 Å². The predicted molar refractivity (Wildman–Crippen MR) is 60.1 cm³/mol. The molecule has 2 atom stereocenters. The molecular formula is C11H20N2O3. The second kappa shape index (κ2) is 5.84. The van der Waals surface area contributed by atoms with Crippen LogP contribution in [0.1, 0.15) is 33.1 Å². The zero-order valence-corrected chi connectivity index (χ0v) is 9.90. The van der Waals surface area contributed by atoms with Gasteiger partial charge in [-0.3, -0.25) is 14.5 Å². The highest BCUT2D eigenvalue weighted by Crippen LogP contribution is 2.21. The van der Waals surface area contributed by atoms with E-state index in [-0.39, 0.29) is 12.5 Å². The number of hydrogen-bond acceptors (Lipinski definition) is 3. The molecule has 1 rings (SSSR count). The summed E-state index contributed by atoms with van der Waals surface area (Å²) in [5.74, 6) is -1.21. The lowest BCUT2D eigenvalue weighted by Gasteiger charge is -2.38. The van der Waals surface area contributed by atoms with Crippen molar-refractivity contribution in [3.8, 4) is 0 Å². The van der Waals surface area contributed by atoms with Gasteiger partial charge in [0, 0.05) is 12.1 Å². The van der Waals surface area contributed by atoms with Crippen molar-refractivity contribution in [3.05, 3.63) is 0 Å². The molecule has 5 nitrogen and oxygen atoms in total. The largest absolute Gasteiger partial charge is 0.480 e. The number of rotatable bonds is 4. The number of likely N-dealkylation sites (tertiary alicyclic amines) is 1. The van der Waals surface area contributed by atoms with Gasteiger partial charge in [-0.2, -0.15) is 0 Å². The van der Waals surface area contributed by atoms with Crippen LogP contribution in [-0.2, 0) is 9.59 Å². The second-order valence-corrected chi connectivity index (χ2v) is 4.47. The Hall–Kier alpha value is -1.10. The Kier molecular flexibility index (Phi) is 4.73. The Morgan fingerprint density at radius 3 is 2.38 bits per heavy atom. The summed E-state index contributed by atoms with van der Waals surface area (Å²) in [6.45, 7) is 4.23. The molecule has 1 amide bonds. The molecule has 5 heteroatoms. The Labute approximate surface area is 95.8 Å². The third-order valence-corrected chi connectivity index (χ3v) is 3.14. The summed E-state index contributed by atoms with van der Waals surface area (Å²) in [5.41, 5.74) is 0. The van der Waals surface area contributed by atoms with Crippen molar-refractivity contribution in [1.29, 1.82) is 0 Å². The van der Waals surface area contributed by atoms with E-state index in [1.54, 1.807) is 0 Å². The first-order valence-electron chi connectivity index (χ1n) is 5.75. The van der Waals surface area contributed by atoms with E-state index in [4.69, 9.17) is 5.11 Å². The first-order valence-corrected chi connectivity index (χ1v) is 5.75. The van der Waals surface area contributed by atoms with Gasteiger partial charge in [0.2, 0.25) is 5.91 Å². The SMILES string of the molecule is CC1CCCC(C)N1CC(=O)NCC(=O)O. The first kappa shape index (κ1) is 13.0. The lowest BCUT2D eigenvalue weighted by Crippen LogP contribution is -2.49. The Morgan fingerprint density at radius 1 is 1.31 bits per heavy atom. The molecule has 1 aliphatic rings. The molecule has 0 aromatic rings. The van der Waals surface area contributed by atoms with E-state index < -0.39 is 5.97 Å². The van der Waals surface area contributed by atoms with Crippen LogP contribution in [0.4, 0.5) is 0 Å². The van der Waals surface area contributed by atoms with Crippen LogP contribution >= 0.6 is 0 Å². The summed E-state index contributed by atoms with van der Waals surface area (Å²) < 4.78 is 0. The first-order chi connectivity index (χ1) is 7.50. The smallest absolute Gasteiger partial charge is 0.322 e. The van der Waals surface area contributed by atoms with Crippen LogP contribution in [0.2, 0.25) is 0 Å². The minimum absolute atomic E-state index is 0.206. The molecule has 0 aromatic carbocycles. The number of piperidine rings is 1. The standard InChI is InChI=1S/C11H20N2O3/c1-8-4-3-5-9(2)13(8)7-10(14)12-6-11(15)16/h8-9H,3-7H2,1-2H3,(H,12,14)(H,15,16). The number of hydrogen-bond donors (Lipinski definition) is 2. The quantitative estimate of drug-likeness (QED) is 0.733. The molecule has 2 unspecified atom stereocenters. The Bertz CT molecular complexity index is 258. The minimum atomic E-state index is -1.01. The molecule has 92 valence electrons. The highest BCUT2D eigenvalue weighted by atomic mass is 16.4. The highest BCUT2D eigenvalue weighted by Gasteiger charge is 2.26. The molecular weight excluding hydrogens is 208 g/mol. The van der Waals surface area contributed by atoms with Gasteiger partial charge < -0.3 is 10.4 Å². The van der Waals surface area contributed by atoms with Crippen molar-refractivity contribution in [2.24, 2.45) is 0 Å². The molecule has 0 radical (unpaired) electrons. The van der Waals surface area contributed by atoms with Crippen LogP contribution in [-0.4, -0.2) is 47.1 Å². The molecule has 16 heavy (non-hydrogen) atoms. The number of carbonyl (C=O) groups excluding carboxylic acids is 1. The summed E-state index contributed by atoms with van der Waals surface area (Å²) >= 11 is 0. The van der Waals surface area contributed by atoms with Crippen molar-refractivity contribution in [3.63, 3.8) is 0 Å². The molecule has 1 fully saturated rings. The number of nitrogens with one attached hydrogen (secondary N) is 1. The molecule has 0 aliphatic carbocycles. The maximum absolute atomic E-state index is 11.5. The predicted octanol–water partition coefficient (Wildman–Crippen LogP) is 0.450. The summed E-state index contributed by atoms with van der Waals surface area (Å²) in [6, 6.07) is 0.804.